The first kappa shape index (κ1) is 13.4. The molecule has 0 amide bonds. The zero-order chi connectivity index (χ0) is 14.7. The SMILES string of the molecule is Fc1ccccc1C=NNc1nc2ccccc2[nH]c1=S. The number of para-hydroxylation sites is 2. The van der Waals surface area contributed by atoms with Crippen molar-refractivity contribution < 1.29 is 4.39 Å². The third kappa shape index (κ3) is 2.95. The number of anilines is 1. The average Bonchev–Trinajstić information content (AvgIpc) is 2.49. The van der Waals surface area contributed by atoms with Crippen LogP contribution >= 0.6 is 12.2 Å². The van der Waals surface area contributed by atoms with E-state index in [9.17, 15) is 4.39 Å². The van der Waals surface area contributed by atoms with Crippen LogP contribution in [0.4, 0.5) is 10.2 Å². The first-order valence-corrected chi connectivity index (χ1v) is 6.67. The second kappa shape index (κ2) is 5.80. The van der Waals surface area contributed by atoms with Crippen LogP contribution in [0, 0.1) is 10.5 Å². The molecule has 0 unspecified atom stereocenters. The maximum atomic E-state index is 13.4. The fourth-order valence-electron chi connectivity index (χ4n) is 1.85. The maximum Gasteiger partial charge on any atom is 0.182 e. The van der Waals surface area contributed by atoms with Gasteiger partial charge in [-0.05, 0) is 18.2 Å². The van der Waals surface area contributed by atoms with Gasteiger partial charge in [0, 0.05) is 5.56 Å². The Hall–Kier alpha value is -2.60. The van der Waals surface area contributed by atoms with Crippen molar-refractivity contribution in [2.45, 2.75) is 0 Å². The number of nitrogens with one attached hydrogen (secondary N) is 2. The molecule has 0 aliphatic carbocycles. The number of benzene rings is 2. The molecule has 0 atom stereocenters. The Morgan fingerprint density at radius 2 is 1.90 bits per heavy atom. The molecule has 1 aromatic heterocycles. The Balaban J connectivity index is 1.87. The standard InChI is InChI=1S/C15H11FN4S/c16-11-6-2-1-5-10(11)9-17-20-14-15(21)19-13-8-4-3-7-12(13)18-14/h1-9H,(H,18,20)(H,19,21). The van der Waals surface area contributed by atoms with Gasteiger partial charge in [-0.25, -0.2) is 9.37 Å². The fourth-order valence-corrected chi connectivity index (χ4v) is 2.05. The summed E-state index contributed by atoms with van der Waals surface area (Å²) in [5.41, 5.74) is 4.75. The van der Waals surface area contributed by atoms with Crippen molar-refractivity contribution in [2.75, 3.05) is 5.43 Å². The van der Waals surface area contributed by atoms with E-state index in [1.54, 1.807) is 18.2 Å². The van der Waals surface area contributed by atoms with E-state index in [-0.39, 0.29) is 5.82 Å². The number of rotatable bonds is 3. The highest BCUT2D eigenvalue weighted by Gasteiger charge is 2.00. The Labute approximate surface area is 125 Å². The molecule has 3 rings (SSSR count). The van der Waals surface area contributed by atoms with Gasteiger partial charge in [0.1, 0.15) is 10.5 Å². The number of hydrogen-bond acceptors (Lipinski definition) is 4. The Morgan fingerprint density at radius 1 is 1.14 bits per heavy atom. The Kier molecular flexibility index (Phi) is 3.70. The molecule has 0 spiro atoms. The molecule has 0 radical (unpaired) electrons. The minimum Gasteiger partial charge on any atom is -0.342 e. The molecule has 0 saturated carbocycles. The maximum absolute atomic E-state index is 13.4. The summed E-state index contributed by atoms with van der Waals surface area (Å²) in [6, 6.07) is 13.9. The topological polar surface area (TPSA) is 53.1 Å². The number of hydrazone groups is 1. The van der Waals surface area contributed by atoms with E-state index in [1.165, 1.54) is 12.3 Å². The average molecular weight is 298 g/mol. The summed E-state index contributed by atoms with van der Waals surface area (Å²) in [4.78, 5) is 7.43. The van der Waals surface area contributed by atoms with Gasteiger partial charge < -0.3 is 4.98 Å². The predicted octanol–water partition coefficient (Wildman–Crippen LogP) is 3.88. The zero-order valence-electron chi connectivity index (χ0n) is 10.9. The summed E-state index contributed by atoms with van der Waals surface area (Å²) in [6.07, 6.45) is 1.39. The van der Waals surface area contributed by atoms with Gasteiger partial charge in [0.15, 0.2) is 5.82 Å². The van der Waals surface area contributed by atoms with Crippen molar-refractivity contribution in [1.82, 2.24) is 9.97 Å². The van der Waals surface area contributed by atoms with E-state index in [4.69, 9.17) is 12.2 Å². The number of halogens is 1. The van der Waals surface area contributed by atoms with Crippen LogP contribution in [0.25, 0.3) is 11.0 Å². The van der Waals surface area contributed by atoms with E-state index in [0.29, 0.717) is 16.0 Å². The molecule has 104 valence electrons. The molecule has 0 fully saturated rings. The molecule has 6 heteroatoms. The highest BCUT2D eigenvalue weighted by Crippen LogP contribution is 2.13. The van der Waals surface area contributed by atoms with Crippen LogP contribution in [-0.2, 0) is 0 Å². The number of fused-ring (bicyclic) bond motifs is 1. The zero-order valence-corrected chi connectivity index (χ0v) is 11.7. The van der Waals surface area contributed by atoms with Crippen LogP contribution in [-0.4, -0.2) is 16.2 Å². The molecule has 1 heterocycles. The van der Waals surface area contributed by atoms with Crippen molar-refractivity contribution >= 4 is 35.3 Å². The van der Waals surface area contributed by atoms with Crippen molar-refractivity contribution in [3.63, 3.8) is 0 Å². The van der Waals surface area contributed by atoms with Crippen molar-refractivity contribution in [3.05, 3.63) is 64.6 Å². The van der Waals surface area contributed by atoms with Gasteiger partial charge in [-0.2, -0.15) is 5.10 Å². The monoisotopic (exact) mass is 298 g/mol. The summed E-state index contributed by atoms with van der Waals surface area (Å²) >= 11 is 5.21. The Bertz CT molecular complexity index is 873. The van der Waals surface area contributed by atoms with Gasteiger partial charge in [-0.15, -0.1) is 0 Å². The molecule has 0 aliphatic rings. The molecule has 0 saturated heterocycles. The fraction of sp³-hybridized carbons (Fsp3) is 0. The first-order valence-electron chi connectivity index (χ1n) is 6.27. The smallest absolute Gasteiger partial charge is 0.182 e. The van der Waals surface area contributed by atoms with Crippen molar-refractivity contribution in [3.8, 4) is 0 Å². The summed E-state index contributed by atoms with van der Waals surface area (Å²) in [6.45, 7) is 0. The van der Waals surface area contributed by atoms with E-state index >= 15 is 0 Å². The number of hydrogen-bond donors (Lipinski definition) is 2. The third-order valence-corrected chi connectivity index (χ3v) is 3.17. The summed E-state index contributed by atoms with van der Waals surface area (Å²) in [5.74, 6) is 0.0935. The molecule has 0 aliphatic heterocycles. The molecule has 2 aromatic carbocycles. The quantitative estimate of drug-likeness (QED) is 0.438. The second-order valence-electron chi connectivity index (χ2n) is 4.32. The van der Waals surface area contributed by atoms with Gasteiger partial charge in [0.25, 0.3) is 0 Å². The lowest BCUT2D eigenvalue weighted by Crippen LogP contribution is -1.97. The minimum atomic E-state index is -0.334. The van der Waals surface area contributed by atoms with Gasteiger partial charge in [0.2, 0.25) is 0 Å². The molecule has 0 bridgehead atoms. The Morgan fingerprint density at radius 3 is 2.76 bits per heavy atom. The van der Waals surface area contributed by atoms with E-state index < -0.39 is 0 Å². The molecular formula is C15H11FN4S. The van der Waals surface area contributed by atoms with Crippen LogP contribution in [0.15, 0.2) is 53.6 Å². The van der Waals surface area contributed by atoms with Crippen LogP contribution < -0.4 is 5.43 Å². The number of H-pyrrole nitrogens is 1. The van der Waals surface area contributed by atoms with Gasteiger partial charge in [0.05, 0.1) is 17.2 Å². The minimum absolute atomic E-state index is 0.334. The third-order valence-electron chi connectivity index (χ3n) is 2.88. The molecule has 3 aromatic rings. The second-order valence-corrected chi connectivity index (χ2v) is 4.73. The highest BCUT2D eigenvalue weighted by atomic mass is 32.1. The lowest BCUT2D eigenvalue weighted by Gasteiger charge is -2.03. The van der Waals surface area contributed by atoms with Gasteiger partial charge in [-0.1, -0.05) is 42.5 Å². The summed E-state index contributed by atoms with van der Waals surface area (Å²) < 4.78 is 13.9. The summed E-state index contributed by atoms with van der Waals surface area (Å²) in [5, 5.41) is 3.98. The molecule has 4 nitrogen and oxygen atoms in total. The molecular weight excluding hydrogens is 287 g/mol. The van der Waals surface area contributed by atoms with Crippen LogP contribution in [0.2, 0.25) is 0 Å². The molecule has 2 N–H and O–H groups in total. The van der Waals surface area contributed by atoms with Crippen LogP contribution in [0.1, 0.15) is 5.56 Å². The highest BCUT2D eigenvalue weighted by molar-refractivity contribution is 7.71. The number of aromatic amines is 1. The van der Waals surface area contributed by atoms with E-state index in [2.05, 4.69) is 20.5 Å². The number of aromatic nitrogens is 2. The first-order chi connectivity index (χ1) is 10.2. The lowest BCUT2D eigenvalue weighted by molar-refractivity contribution is 0.626. The van der Waals surface area contributed by atoms with E-state index in [0.717, 1.165) is 11.0 Å². The van der Waals surface area contributed by atoms with Crippen LogP contribution in [0.3, 0.4) is 0 Å². The normalized spacial score (nSPS) is 11.1. The van der Waals surface area contributed by atoms with Crippen molar-refractivity contribution in [2.24, 2.45) is 5.10 Å². The van der Waals surface area contributed by atoms with E-state index in [1.807, 2.05) is 24.3 Å². The number of nitrogens with zero attached hydrogens (tertiary/aromatic N) is 2. The van der Waals surface area contributed by atoms with Crippen molar-refractivity contribution in [1.29, 1.82) is 0 Å². The lowest BCUT2D eigenvalue weighted by atomic mass is 10.2. The van der Waals surface area contributed by atoms with Gasteiger partial charge >= 0.3 is 0 Å². The molecule has 21 heavy (non-hydrogen) atoms. The predicted molar refractivity (Wildman–Crippen MR) is 84.5 cm³/mol. The largest absolute Gasteiger partial charge is 0.342 e. The van der Waals surface area contributed by atoms with Gasteiger partial charge in [-0.3, -0.25) is 5.43 Å². The summed E-state index contributed by atoms with van der Waals surface area (Å²) in [7, 11) is 0. The van der Waals surface area contributed by atoms with Crippen LogP contribution in [0.5, 0.6) is 0 Å².